The van der Waals surface area contributed by atoms with Gasteiger partial charge in [0, 0.05) is 38.7 Å². The molecule has 0 amide bonds. The Morgan fingerprint density at radius 1 is 1.06 bits per heavy atom. The van der Waals surface area contributed by atoms with Gasteiger partial charge in [-0.25, -0.2) is 9.37 Å². The lowest BCUT2D eigenvalue weighted by Crippen LogP contribution is -2.46. The van der Waals surface area contributed by atoms with Crippen molar-refractivity contribution in [1.29, 1.82) is 0 Å². The fourth-order valence-corrected chi connectivity index (χ4v) is 3.97. The molecule has 0 saturated carbocycles. The lowest BCUT2D eigenvalue weighted by molar-refractivity contribution is -0.141. The lowest BCUT2D eigenvalue weighted by atomic mass is 10.1. The lowest BCUT2D eigenvalue weighted by Gasteiger charge is -2.35. The first-order valence-corrected chi connectivity index (χ1v) is 11.0. The van der Waals surface area contributed by atoms with Crippen LogP contribution in [0.1, 0.15) is 13.8 Å². The van der Waals surface area contributed by atoms with E-state index in [4.69, 9.17) is 14.5 Å². The minimum Gasteiger partial charge on any atom is -0.490 e. The Bertz CT molecular complexity index is 1080. The number of ether oxygens (including phenoxy) is 2. The molecule has 0 spiro atoms. The summed E-state index contributed by atoms with van der Waals surface area (Å²) in [6, 6.07) is 14.7. The molecule has 0 atom stereocenters. The van der Waals surface area contributed by atoms with Crippen LogP contribution in [0.2, 0.25) is 0 Å². The monoisotopic (exact) mass is 437 g/mol. The minimum atomic E-state index is -0.324. The van der Waals surface area contributed by atoms with Crippen molar-refractivity contribution >= 4 is 22.6 Å². The molecule has 168 valence electrons. The highest BCUT2D eigenvalue weighted by molar-refractivity contribution is 5.95. The SMILES string of the molecule is CCN1CCN(c2nc(-c3ccc(OCCOC(C)=O)cc3)cc3cccc(F)c23)CC1. The van der Waals surface area contributed by atoms with Gasteiger partial charge in [0.2, 0.25) is 0 Å². The quantitative estimate of drug-likeness (QED) is 0.409. The predicted molar refractivity (Wildman–Crippen MR) is 124 cm³/mol. The summed E-state index contributed by atoms with van der Waals surface area (Å²) in [5.74, 6) is 0.817. The van der Waals surface area contributed by atoms with Gasteiger partial charge < -0.3 is 19.3 Å². The smallest absolute Gasteiger partial charge is 0.302 e. The zero-order valence-electron chi connectivity index (χ0n) is 18.5. The Hall–Kier alpha value is -3.19. The molecular formula is C25H28FN3O3. The molecule has 4 rings (SSSR count). The summed E-state index contributed by atoms with van der Waals surface area (Å²) in [5.41, 5.74) is 1.72. The van der Waals surface area contributed by atoms with Crippen molar-refractivity contribution in [2.45, 2.75) is 13.8 Å². The van der Waals surface area contributed by atoms with E-state index in [2.05, 4.69) is 16.7 Å². The van der Waals surface area contributed by atoms with E-state index >= 15 is 0 Å². The summed E-state index contributed by atoms with van der Waals surface area (Å²) >= 11 is 0. The van der Waals surface area contributed by atoms with E-state index < -0.39 is 0 Å². The van der Waals surface area contributed by atoms with Crippen LogP contribution in [0.15, 0.2) is 48.5 Å². The second kappa shape index (κ2) is 9.96. The van der Waals surface area contributed by atoms with Crippen LogP contribution in [0.4, 0.5) is 10.2 Å². The van der Waals surface area contributed by atoms with Crippen LogP contribution in [0.5, 0.6) is 5.75 Å². The molecule has 0 radical (unpaired) electrons. The highest BCUT2D eigenvalue weighted by Crippen LogP contribution is 2.33. The number of likely N-dealkylation sites (N-methyl/N-ethyl adjacent to an activating group) is 1. The summed E-state index contributed by atoms with van der Waals surface area (Å²) in [6.45, 7) is 8.58. The molecule has 1 aliphatic rings. The number of aromatic nitrogens is 1. The van der Waals surface area contributed by atoms with Gasteiger partial charge in [-0.2, -0.15) is 0 Å². The Labute approximate surface area is 187 Å². The van der Waals surface area contributed by atoms with Gasteiger partial charge in [0.1, 0.15) is 30.6 Å². The van der Waals surface area contributed by atoms with Gasteiger partial charge in [-0.1, -0.05) is 19.1 Å². The van der Waals surface area contributed by atoms with Crippen LogP contribution < -0.4 is 9.64 Å². The molecule has 0 N–H and O–H groups in total. The molecule has 0 aliphatic carbocycles. The van der Waals surface area contributed by atoms with Gasteiger partial charge in [0.25, 0.3) is 0 Å². The van der Waals surface area contributed by atoms with Crippen LogP contribution in [0.3, 0.4) is 0 Å². The molecule has 32 heavy (non-hydrogen) atoms. The number of hydrogen-bond donors (Lipinski definition) is 0. The van der Waals surface area contributed by atoms with Crippen LogP contribution in [0.25, 0.3) is 22.0 Å². The van der Waals surface area contributed by atoms with Gasteiger partial charge >= 0.3 is 5.97 Å². The van der Waals surface area contributed by atoms with E-state index in [-0.39, 0.29) is 18.4 Å². The third kappa shape index (κ3) is 4.99. The minimum absolute atomic E-state index is 0.212. The van der Waals surface area contributed by atoms with E-state index in [1.54, 1.807) is 6.07 Å². The first-order chi connectivity index (χ1) is 15.5. The topological polar surface area (TPSA) is 54.9 Å². The van der Waals surface area contributed by atoms with E-state index in [0.717, 1.165) is 49.4 Å². The van der Waals surface area contributed by atoms with E-state index in [0.29, 0.717) is 23.6 Å². The fourth-order valence-electron chi connectivity index (χ4n) is 3.97. The van der Waals surface area contributed by atoms with Crippen molar-refractivity contribution in [3.8, 4) is 17.0 Å². The molecule has 0 unspecified atom stereocenters. The number of carbonyl (C=O) groups excluding carboxylic acids is 1. The molecule has 0 bridgehead atoms. The molecule has 6 nitrogen and oxygen atoms in total. The number of pyridine rings is 1. The van der Waals surface area contributed by atoms with E-state index in [1.807, 2.05) is 36.4 Å². The van der Waals surface area contributed by atoms with Crippen molar-refractivity contribution in [2.24, 2.45) is 0 Å². The number of piperazine rings is 1. The number of esters is 1. The second-order valence-electron chi connectivity index (χ2n) is 7.80. The molecular weight excluding hydrogens is 409 g/mol. The number of carbonyl (C=O) groups is 1. The third-order valence-corrected chi connectivity index (χ3v) is 5.71. The number of fused-ring (bicyclic) bond motifs is 1. The van der Waals surface area contributed by atoms with Crippen molar-refractivity contribution in [3.05, 3.63) is 54.3 Å². The van der Waals surface area contributed by atoms with Crippen molar-refractivity contribution in [3.63, 3.8) is 0 Å². The van der Waals surface area contributed by atoms with Gasteiger partial charge in [-0.15, -0.1) is 0 Å². The summed E-state index contributed by atoms with van der Waals surface area (Å²) in [7, 11) is 0. The number of rotatable bonds is 7. The predicted octanol–water partition coefficient (Wildman–Crippen LogP) is 4.12. The zero-order chi connectivity index (χ0) is 22.5. The molecule has 1 saturated heterocycles. The normalized spacial score (nSPS) is 14.5. The maximum Gasteiger partial charge on any atom is 0.302 e. The largest absolute Gasteiger partial charge is 0.490 e. The summed E-state index contributed by atoms with van der Waals surface area (Å²) in [5, 5.41) is 1.41. The zero-order valence-corrected chi connectivity index (χ0v) is 18.5. The Balaban J connectivity index is 1.60. The Kier molecular flexibility index (Phi) is 6.85. The number of anilines is 1. The van der Waals surface area contributed by atoms with E-state index in [9.17, 15) is 9.18 Å². The maximum atomic E-state index is 14.8. The van der Waals surface area contributed by atoms with Gasteiger partial charge in [-0.05, 0) is 48.3 Å². The van der Waals surface area contributed by atoms with Gasteiger partial charge in [0.15, 0.2) is 0 Å². The van der Waals surface area contributed by atoms with Crippen molar-refractivity contribution < 1.29 is 18.7 Å². The van der Waals surface area contributed by atoms with Gasteiger partial charge in [-0.3, -0.25) is 4.79 Å². The fraction of sp³-hybridized carbons (Fsp3) is 0.360. The van der Waals surface area contributed by atoms with Crippen molar-refractivity contribution in [2.75, 3.05) is 50.8 Å². The molecule has 7 heteroatoms. The standard InChI is InChI=1S/C25H28FN3O3/c1-3-28-11-13-29(14-12-28)25-24-20(5-4-6-22(24)26)17-23(27-25)19-7-9-21(10-8-19)32-16-15-31-18(2)30/h4-10,17H,3,11-16H2,1-2H3. The number of hydrogen-bond acceptors (Lipinski definition) is 6. The van der Waals surface area contributed by atoms with Crippen LogP contribution in [-0.4, -0.2) is 61.8 Å². The first-order valence-electron chi connectivity index (χ1n) is 11.0. The molecule has 1 fully saturated rings. The van der Waals surface area contributed by atoms with E-state index in [1.165, 1.54) is 13.0 Å². The maximum absolute atomic E-state index is 14.8. The number of halogens is 1. The molecule has 1 aromatic heterocycles. The van der Waals surface area contributed by atoms with Crippen LogP contribution in [-0.2, 0) is 9.53 Å². The molecule has 2 heterocycles. The molecule has 2 aromatic carbocycles. The second-order valence-corrected chi connectivity index (χ2v) is 7.80. The Morgan fingerprint density at radius 3 is 2.50 bits per heavy atom. The average Bonchev–Trinajstić information content (AvgIpc) is 2.81. The highest BCUT2D eigenvalue weighted by Gasteiger charge is 2.21. The Morgan fingerprint density at radius 2 is 1.81 bits per heavy atom. The van der Waals surface area contributed by atoms with Crippen LogP contribution >= 0.6 is 0 Å². The van der Waals surface area contributed by atoms with Crippen LogP contribution in [0, 0.1) is 5.82 Å². The number of nitrogens with zero attached hydrogens (tertiary/aromatic N) is 3. The summed E-state index contributed by atoms with van der Waals surface area (Å²) < 4.78 is 25.3. The molecule has 1 aliphatic heterocycles. The summed E-state index contributed by atoms with van der Waals surface area (Å²) in [4.78, 5) is 20.3. The number of benzene rings is 2. The van der Waals surface area contributed by atoms with Gasteiger partial charge in [0.05, 0.1) is 11.1 Å². The molecule has 3 aromatic rings. The highest BCUT2D eigenvalue weighted by atomic mass is 19.1. The summed E-state index contributed by atoms with van der Waals surface area (Å²) in [6.07, 6.45) is 0. The first kappa shape index (κ1) is 22.0. The third-order valence-electron chi connectivity index (χ3n) is 5.71. The van der Waals surface area contributed by atoms with Crippen molar-refractivity contribution in [1.82, 2.24) is 9.88 Å². The average molecular weight is 438 g/mol.